The van der Waals surface area contributed by atoms with Gasteiger partial charge in [0.05, 0.1) is 6.54 Å². The lowest BCUT2D eigenvalue weighted by atomic mass is 10.1. The number of fused-ring (bicyclic) bond motifs is 1. The van der Waals surface area contributed by atoms with Gasteiger partial charge in [-0.15, -0.1) is 0 Å². The number of carbonyl (C=O) groups excluding carboxylic acids is 1. The van der Waals surface area contributed by atoms with Gasteiger partial charge in [0.25, 0.3) is 5.91 Å². The molecule has 1 amide bonds. The van der Waals surface area contributed by atoms with Crippen molar-refractivity contribution in [3.05, 3.63) is 35.4 Å². The second-order valence-corrected chi connectivity index (χ2v) is 2.89. The van der Waals surface area contributed by atoms with Crippen molar-refractivity contribution in [2.24, 2.45) is 0 Å². The van der Waals surface area contributed by atoms with Gasteiger partial charge in [-0.2, -0.15) is 0 Å². The molecule has 1 aromatic carbocycles. The summed E-state index contributed by atoms with van der Waals surface area (Å²) in [5.74, 6) is -0.0951. The smallest absolute Gasteiger partial charge is 0.268 e. The molecule has 1 heterocycles. The highest BCUT2D eigenvalue weighted by Crippen LogP contribution is 2.23. The monoisotopic (exact) mass is 167 g/mol. The second-order valence-electron chi connectivity index (χ2n) is 2.48. The molecular formula is C8H6ClNO. The number of nitrogens with zero attached hydrogens (tertiary/aromatic N) is 1. The molecule has 0 saturated heterocycles. The molecule has 0 spiro atoms. The Bertz CT molecular complexity index is 311. The molecule has 3 heteroatoms. The quantitative estimate of drug-likeness (QED) is 0.540. The maximum Gasteiger partial charge on any atom is 0.268 e. The van der Waals surface area contributed by atoms with Gasteiger partial charge in [-0.25, -0.2) is 4.42 Å². The first-order chi connectivity index (χ1) is 5.29. The van der Waals surface area contributed by atoms with Crippen LogP contribution in [0.4, 0.5) is 0 Å². The highest BCUT2D eigenvalue weighted by molar-refractivity contribution is 6.25. The summed E-state index contributed by atoms with van der Waals surface area (Å²) in [6.07, 6.45) is 0. The van der Waals surface area contributed by atoms with Gasteiger partial charge in [0.15, 0.2) is 0 Å². The van der Waals surface area contributed by atoms with Crippen molar-refractivity contribution >= 4 is 17.7 Å². The van der Waals surface area contributed by atoms with E-state index >= 15 is 0 Å². The lowest BCUT2D eigenvalue weighted by molar-refractivity contribution is 0.0881. The predicted octanol–water partition coefficient (Wildman–Crippen LogP) is 1.80. The summed E-state index contributed by atoms with van der Waals surface area (Å²) in [5, 5.41) is 0. The number of hydrogen-bond acceptors (Lipinski definition) is 1. The van der Waals surface area contributed by atoms with Gasteiger partial charge in [-0.3, -0.25) is 4.79 Å². The molecule has 1 aromatic rings. The molecular weight excluding hydrogens is 162 g/mol. The summed E-state index contributed by atoms with van der Waals surface area (Å²) in [6, 6.07) is 7.45. The topological polar surface area (TPSA) is 20.3 Å². The Morgan fingerprint density at radius 2 is 2.09 bits per heavy atom. The standard InChI is InChI=1S/C8H6ClNO/c9-10-5-6-3-1-2-4-7(6)8(10)11/h1-4H,5H2. The van der Waals surface area contributed by atoms with Gasteiger partial charge < -0.3 is 0 Å². The van der Waals surface area contributed by atoms with Crippen LogP contribution in [-0.4, -0.2) is 10.3 Å². The first kappa shape index (κ1) is 6.68. The maximum absolute atomic E-state index is 11.2. The molecule has 0 saturated carbocycles. The Kier molecular flexibility index (Phi) is 1.36. The summed E-state index contributed by atoms with van der Waals surface area (Å²) in [6.45, 7) is 0.524. The van der Waals surface area contributed by atoms with E-state index in [1.165, 1.54) is 4.42 Å². The lowest BCUT2D eigenvalue weighted by Gasteiger charge is -1.99. The third-order valence-corrected chi connectivity index (χ3v) is 2.05. The molecule has 0 unspecified atom stereocenters. The summed E-state index contributed by atoms with van der Waals surface area (Å²) >= 11 is 5.61. The van der Waals surface area contributed by atoms with Gasteiger partial charge in [-0.1, -0.05) is 18.2 Å². The van der Waals surface area contributed by atoms with Crippen molar-refractivity contribution in [1.29, 1.82) is 0 Å². The lowest BCUT2D eigenvalue weighted by Crippen LogP contribution is -2.10. The molecule has 2 rings (SSSR count). The number of halogens is 1. The van der Waals surface area contributed by atoms with Crippen LogP contribution in [0.15, 0.2) is 24.3 Å². The molecule has 0 radical (unpaired) electrons. The van der Waals surface area contributed by atoms with Crippen molar-refractivity contribution in [1.82, 2.24) is 4.42 Å². The first-order valence-corrected chi connectivity index (χ1v) is 3.68. The highest BCUT2D eigenvalue weighted by atomic mass is 35.5. The molecule has 0 atom stereocenters. The van der Waals surface area contributed by atoms with Crippen molar-refractivity contribution in [2.75, 3.05) is 0 Å². The van der Waals surface area contributed by atoms with Crippen molar-refractivity contribution in [2.45, 2.75) is 6.54 Å². The molecule has 0 bridgehead atoms. The zero-order chi connectivity index (χ0) is 7.84. The molecule has 0 aromatic heterocycles. The van der Waals surface area contributed by atoms with Crippen LogP contribution in [0.1, 0.15) is 15.9 Å². The van der Waals surface area contributed by atoms with Crippen LogP contribution in [-0.2, 0) is 6.54 Å². The van der Waals surface area contributed by atoms with Gasteiger partial charge in [-0.05, 0) is 11.6 Å². The molecule has 0 aliphatic carbocycles. The number of carbonyl (C=O) groups is 1. The van der Waals surface area contributed by atoms with E-state index in [0.717, 1.165) is 11.1 Å². The van der Waals surface area contributed by atoms with Crippen LogP contribution < -0.4 is 0 Å². The van der Waals surface area contributed by atoms with Crippen LogP contribution in [0.3, 0.4) is 0 Å². The number of benzene rings is 1. The van der Waals surface area contributed by atoms with Crippen molar-refractivity contribution in [3.63, 3.8) is 0 Å². The third-order valence-electron chi connectivity index (χ3n) is 1.78. The average Bonchev–Trinajstić information content (AvgIpc) is 2.30. The predicted molar refractivity (Wildman–Crippen MR) is 42.2 cm³/mol. The van der Waals surface area contributed by atoms with Gasteiger partial charge in [0.2, 0.25) is 0 Å². The highest BCUT2D eigenvalue weighted by Gasteiger charge is 2.24. The van der Waals surface area contributed by atoms with E-state index < -0.39 is 0 Å². The van der Waals surface area contributed by atoms with Gasteiger partial charge >= 0.3 is 0 Å². The number of hydrogen-bond donors (Lipinski definition) is 0. The molecule has 1 aliphatic heterocycles. The maximum atomic E-state index is 11.2. The Labute approximate surface area is 69.5 Å². The fraction of sp³-hybridized carbons (Fsp3) is 0.125. The number of amides is 1. The van der Waals surface area contributed by atoms with Crippen molar-refractivity contribution < 1.29 is 4.79 Å². The Morgan fingerprint density at radius 1 is 1.36 bits per heavy atom. The summed E-state index contributed by atoms with van der Waals surface area (Å²) in [5.41, 5.74) is 1.73. The van der Waals surface area contributed by atoms with Crippen LogP contribution in [0.25, 0.3) is 0 Å². The van der Waals surface area contributed by atoms with E-state index in [9.17, 15) is 4.79 Å². The number of rotatable bonds is 0. The second kappa shape index (κ2) is 2.24. The fourth-order valence-electron chi connectivity index (χ4n) is 1.22. The van der Waals surface area contributed by atoms with Crippen LogP contribution in [0.5, 0.6) is 0 Å². The molecule has 1 aliphatic rings. The normalized spacial score (nSPS) is 15.4. The van der Waals surface area contributed by atoms with Crippen LogP contribution >= 0.6 is 11.8 Å². The van der Waals surface area contributed by atoms with E-state index in [2.05, 4.69) is 0 Å². The molecule has 11 heavy (non-hydrogen) atoms. The minimum atomic E-state index is -0.0951. The van der Waals surface area contributed by atoms with Crippen LogP contribution in [0, 0.1) is 0 Å². The van der Waals surface area contributed by atoms with E-state index in [1.54, 1.807) is 6.07 Å². The van der Waals surface area contributed by atoms with E-state index in [4.69, 9.17) is 11.8 Å². The van der Waals surface area contributed by atoms with E-state index in [0.29, 0.717) is 6.54 Å². The van der Waals surface area contributed by atoms with E-state index in [1.807, 2.05) is 18.2 Å². The van der Waals surface area contributed by atoms with Crippen LogP contribution in [0.2, 0.25) is 0 Å². The Balaban J connectivity index is 2.55. The SMILES string of the molecule is O=C1c2ccccc2CN1Cl. The summed E-state index contributed by atoms with van der Waals surface area (Å²) < 4.78 is 1.20. The summed E-state index contributed by atoms with van der Waals surface area (Å²) in [7, 11) is 0. The zero-order valence-electron chi connectivity index (χ0n) is 5.75. The van der Waals surface area contributed by atoms with Gasteiger partial charge in [0.1, 0.15) is 0 Å². The summed E-state index contributed by atoms with van der Waals surface area (Å²) in [4.78, 5) is 11.2. The largest absolute Gasteiger partial charge is 0.268 e. The zero-order valence-corrected chi connectivity index (χ0v) is 6.51. The Morgan fingerprint density at radius 3 is 2.82 bits per heavy atom. The molecule has 0 fully saturated rings. The minimum Gasteiger partial charge on any atom is -0.268 e. The average molecular weight is 168 g/mol. The third kappa shape index (κ3) is 0.906. The molecule has 56 valence electrons. The van der Waals surface area contributed by atoms with Gasteiger partial charge in [0, 0.05) is 17.3 Å². The molecule has 2 nitrogen and oxygen atoms in total. The first-order valence-electron chi connectivity index (χ1n) is 3.34. The van der Waals surface area contributed by atoms with E-state index in [-0.39, 0.29) is 5.91 Å². The Hall–Kier alpha value is -1.02. The molecule has 0 N–H and O–H groups in total. The minimum absolute atomic E-state index is 0.0951. The fourth-order valence-corrected chi connectivity index (χ4v) is 1.44. The van der Waals surface area contributed by atoms with Crippen molar-refractivity contribution in [3.8, 4) is 0 Å².